The van der Waals surface area contributed by atoms with E-state index in [4.69, 9.17) is 4.74 Å². The molecule has 0 amide bonds. The van der Waals surface area contributed by atoms with Crippen LogP contribution in [-0.2, 0) is 0 Å². The van der Waals surface area contributed by atoms with Gasteiger partial charge in [0.15, 0.2) is 0 Å². The van der Waals surface area contributed by atoms with Crippen LogP contribution < -0.4 is 4.74 Å². The van der Waals surface area contributed by atoms with Gasteiger partial charge in [-0.15, -0.1) is 0 Å². The third-order valence-corrected chi connectivity index (χ3v) is 2.66. The largest absolute Gasteiger partial charge is 0.491 e. The van der Waals surface area contributed by atoms with E-state index in [0.29, 0.717) is 17.0 Å². The van der Waals surface area contributed by atoms with Crippen molar-refractivity contribution in [2.24, 2.45) is 0 Å². The Labute approximate surface area is 113 Å². The number of aromatic nitrogens is 2. The first-order valence-electron chi connectivity index (χ1n) is 6.30. The minimum atomic E-state index is -0.831. The first kappa shape index (κ1) is 13.5. The number of aryl methyl sites for hydroxylation is 1. The standard InChI is InChI=1S/C15H18N2O2/c1-10(2)19-14-7-5-4-6-12(14)15(18)13-9-16-11(3)8-17-13/h4-10,15,18H,1-3H3. The van der Waals surface area contributed by atoms with Gasteiger partial charge in [0.25, 0.3) is 0 Å². The molecule has 4 heteroatoms. The minimum absolute atomic E-state index is 0.0532. The predicted molar refractivity (Wildman–Crippen MR) is 73.0 cm³/mol. The summed E-state index contributed by atoms with van der Waals surface area (Å²) in [6, 6.07) is 7.44. The van der Waals surface area contributed by atoms with E-state index in [2.05, 4.69) is 9.97 Å². The van der Waals surface area contributed by atoms with Gasteiger partial charge in [-0.1, -0.05) is 18.2 Å². The number of aliphatic hydroxyl groups is 1. The first-order valence-corrected chi connectivity index (χ1v) is 6.30. The van der Waals surface area contributed by atoms with E-state index in [-0.39, 0.29) is 6.10 Å². The average Bonchev–Trinajstić information content (AvgIpc) is 2.39. The van der Waals surface area contributed by atoms with Gasteiger partial charge in [-0.2, -0.15) is 0 Å². The summed E-state index contributed by atoms with van der Waals surface area (Å²) in [6.07, 6.45) is 2.46. The highest BCUT2D eigenvalue weighted by Crippen LogP contribution is 2.29. The number of nitrogens with zero attached hydrogens (tertiary/aromatic N) is 2. The lowest BCUT2D eigenvalue weighted by molar-refractivity contribution is 0.194. The van der Waals surface area contributed by atoms with Crippen LogP contribution in [0.4, 0.5) is 0 Å². The molecule has 19 heavy (non-hydrogen) atoms. The lowest BCUT2D eigenvalue weighted by Gasteiger charge is -2.17. The molecule has 4 nitrogen and oxygen atoms in total. The zero-order valence-corrected chi connectivity index (χ0v) is 11.4. The molecule has 0 fully saturated rings. The van der Waals surface area contributed by atoms with Crippen LogP contribution in [-0.4, -0.2) is 21.2 Å². The predicted octanol–water partition coefficient (Wildman–Crippen LogP) is 2.65. The third-order valence-electron chi connectivity index (χ3n) is 2.66. The molecule has 1 heterocycles. The Bertz CT molecular complexity index is 538. The first-order chi connectivity index (χ1) is 9.08. The Morgan fingerprint density at radius 2 is 1.84 bits per heavy atom. The summed E-state index contributed by atoms with van der Waals surface area (Å²) in [5, 5.41) is 10.4. The van der Waals surface area contributed by atoms with Crippen LogP contribution in [0.25, 0.3) is 0 Å². The van der Waals surface area contributed by atoms with E-state index >= 15 is 0 Å². The Hall–Kier alpha value is -1.94. The number of benzene rings is 1. The van der Waals surface area contributed by atoms with Crippen molar-refractivity contribution in [3.63, 3.8) is 0 Å². The van der Waals surface area contributed by atoms with Crippen LogP contribution in [0.5, 0.6) is 5.75 Å². The van der Waals surface area contributed by atoms with Crippen molar-refractivity contribution in [3.8, 4) is 5.75 Å². The van der Waals surface area contributed by atoms with E-state index in [1.54, 1.807) is 12.4 Å². The van der Waals surface area contributed by atoms with E-state index in [9.17, 15) is 5.11 Å². The minimum Gasteiger partial charge on any atom is -0.491 e. The van der Waals surface area contributed by atoms with Crippen molar-refractivity contribution in [2.45, 2.75) is 33.0 Å². The van der Waals surface area contributed by atoms with Gasteiger partial charge in [-0.25, -0.2) is 0 Å². The average molecular weight is 258 g/mol. The zero-order valence-electron chi connectivity index (χ0n) is 11.4. The number of ether oxygens (including phenoxy) is 1. The second kappa shape index (κ2) is 5.80. The molecule has 1 aromatic heterocycles. The van der Waals surface area contributed by atoms with Crippen LogP contribution in [0.2, 0.25) is 0 Å². The molecule has 100 valence electrons. The van der Waals surface area contributed by atoms with Gasteiger partial charge in [0.05, 0.1) is 23.7 Å². The van der Waals surface area contributed by atoms with Crippen LogP contribution in [0.15, 0.2) is 36.7 Å². The molecule has 0 aliphatic heterocycles. The molecule has 0 radical (unpaired) electrons. The monoisotopic (exact) mass is 258 g/mol. The lowest BCUT2D eigenvalue weighted by atomic mass is 10.1. The highest BCUT2D eigenvalue weighted by atomic mass is 16.5. The molecule has 0 spiro atoms. The molecule has 0 saturated heterocycles. The molecule has 2 aromatic rings. The maximum atomic E-state index is 10.4. The Kier molecular flexibility index (Phi) is 4.12. The van der Waals surface area contributed by atoms with Crippen molar-refractivity contribution in [3.05, 3.63) is 53.6 Å². The molecule has 0 aliphatic carbocycles. The molecule has 2 rings (SSSR count). The second-order valence-corrected chi connectivity index (χ2v) is 4.69. The quantitative estimate of drug-likeness (QED) is 0.916. The van der Waals surface area contributed by atoms with Crippen molar-refractivity contribution in [2.75, 3.05) is 0 Å². The van der Waals surface area contributed by atoms with Crippen LogP contribution >= 0.6 is 0 Å². The van der Waals surface area contributed by atoms with Crippen molar-refractivity contribution >= 4 is 0 Å². The van der Waals surface area contributed by atoms with Gasteiger partial charge < -0.3 is 9.84 Å². The molecule has 1 atom stereocenters. The number of rotatable bonds is 4. The summed E-state index contributed by atoms with van der Waals surface area (Å²) in [6.45, 7) is 5.77. The zero-order chi connectivity index (χ0) is 13.8. The summed E-state index contributed by atoms with van der Waals surface area (Å²) < 4.78 is 5.70. The maximum Gasteiger partial charge on any atom is 0.126 e. The van der Waals surface area contributed by atoms with E-state index in [0.717, 1.165) is 5.69 Å². The van der Waals surface area contributed by atoms with Gasteiger partial charge >= 0.3 is 0 Å². The van der Waals surface area contributed by atoms with Gasteiger partial charge in [0, 0.05) is 11.8 Å². The van der Waals surface area contributed by atoms with E-state index < -0.39 is 6.10 Å². The molecule has 0 aliphatic rings. The third kappa shape index (κ3) is 3.29. The number of para-hydroxylation sites is 1. The fourth-order valence-corrected chi connectivity index (χ4v) is 1.77. The Morgan fingerprint density at radius 3 is 2.47 bits per heavy atom. The number of hydrogen-bond donors (Lipinski definition) is 1. The van der Waals surface area contributed by atoms with Crippen LogP contribution in [0.1, 0.15) is 36.9 Å². The molecule has 0 saturated carbocycles. The number of hydrogen-bond acceptors (Lipinski definition) is 4. The molecule has 1 unspecified atom stereocenters. The smallest absolute Gasteiger partial charge is 0.126 e. The molecule has 1 aromatic carbocycles. The maximum absolute atomic E-state index is 10.4. The van der Waals surface area contributed by atoms with Crippen molar-refractivity contribution in [1.29, 1.82) is 0 Å². The number of aliphatic hydroxyl groups excluding tert-OH is 1. The topological polar surface area (TPSA) is 55.2 Å². The van der Waals surface area contributed by atoms with E-state index in [1.807, 2.05) is 45.0 Å². The van der Waals surface area contributed by atoms with Crippen LogP contribution in [0, 0.1) is 6.92 Å². The summed E-state index contributed by atoms with van der Waals surface area (Å²) in [5.74, 6) is 0.673. The van der Waals surface area contributed by atoms with Gasteiger partial charge in [-0.3, -0.25) is 9.97 Å². The second-order valence-electron chi connectivity index (χ2n) is 4.69. The Balaban J connectivity index is 2.32. The van der Waals surface area contributed by atoms with Crippen molar-refractivity contribution < 1.29 is 9.84 Å². The summed E-state index contributed by atoms with van der Waals surface area (Å²) in [7, 11) is 0. The molecule has 0 bridgehead atoms. The van der Waals surface area contributed by atoms with E-state index in [1.165, 1.54) is 0 Å². The van der Waals surface area contributed by atoms with Gasteiger partial charge in [-0.05, 0) is 26.8 Å². The highest BCUT2D eigenvalue weighted by Gasteiger charge is 2.17. The fourth-order valence-electron chi connectivity index (χ4n) is 1.77. The fraction of sp³-hybridized carbons (Fsp3) is 0.333. The van der Waals surface area contributed by atoms with Gasteiger partial charge in [0.2, 0.25) is 0 Å². The SMILES string of the molecule is Cc1cnc(C(O)c2ccccc2OC(C)C)cn1. The highest BCUT2D eigenvalue weighted by molar-refractivity contribution is 5.38. The normalized spacial score (nSPS) is 12.5. The van der Waals surface area contributed by atoms with Crippen LogP contribution in [0.3, 0.4) is 0 Å². The molecular formula is C15H18N2O2. The summed E-state index contributed by atoms with van der Waals surface area (Å²) in [5.41, 5.74) is 2.04. The lowest BCUT2D eigenvalue weighted by Crippen LogP contribution is -2.10. The van der Waals surface area contributed by atoms with Gasteiger partial charge in [0.1, 0.15) is 11.9 Å². The van der Waals surface area contributed by atoms with Crippen molar-refractivity contribution in [1.82, 2.24) is 9.97 Å². The summed E-state index contributed by atoms with van der Waals surface area (Å²) >= 11 is 0. The molecule has 1 N–H and O–H groups in total. The summed E-state index contributed by atoms with van der Waals surface area (Å²) in [4.78, 5) is 8.36. The molecular weight excluding hydrogens is 240 g/mol. The Morgan fingerprint density at radius 1 is 1.11 bits per heavy atom.